The average molecular weight is 266 g/mol. The lowest BCUT2D eigenvalue weighted by Gasteiger charge is -2.47. The number of hydrogen-bond acceptors (Lipinski definition) is 2. The first-order chi connectivity index (χ1) is 8.20. The molecular formula is C13H25F3N2. The largest absolute Gasteiger partial charge is 0.401 e. The van der Waals surface area contributed by atoms with Crippen LogP contribution in [0.3, 0.4) is 0 Å². The van der Waals surface area contributed by atoms with Crippen LogP contribution in [0.4, 0.5) is 13.2 Å². The van der Waals surface area contributed by atoms with E-state index in [0.717, 1.165) is 19.4 Å². The van der Waals surface area contributed by atoms with Crippen LogP contribution in [0.2, 0.25) is 0 Å². The van der Waals surface area contributed by atoms with E-state index in [9.17, 15) is 13.2 Å². The van der Waals surface area contributed by atoms with Crippen LogP contribution >= 0.6 is 0 Å². The summed E-state index contributed by atoms with van der Waals surface area (Å²) < 4.78 is 37.7. The normalized spacial score (nSPS) is 25.0. The van der Waals surface area contributed by atoms with Crippen molar-refractivity contribution in [3.05, 3.63) is 0 Å². The summed E-state index contributed by atoms with van der Waals surface area (Å²) >= 11 is 0. The van der Waals surface area contributed by atoms with Gasteiger partial charge in [-0.1, -0.05) is 13.8 Å². The fourth-order valence-corrected chi connectivity index (χ4v) is 2.50. The van der Waals surface area contributed by atoms with E-state index in [-0.39, 0.29) is 12.1 Å². The lowest BCUT2D eigenvalue weighted by molar-refractivity contribution is -0.163. The smallest absolute Gasteiger partial charge is 0.314 e. The van der Waals surface area contributed by atoms with Gasteiger partial charge < -0.3 is 5.32 Å². The Bertz CT molecular complexity index is 251. The number of halogens is 3. The van der Waals surface area contributed by atoms with Gasteiger partial charge in [-0.05, 0) is 39.2 Å². The van der Waals surface area contributed by atoms with E-state index in [1.165, 1.54) is 0 Å². The molecule has 1 aliphatic carbocycles. The van der Waals surface area contributed by atoms with E-state index < -0.39 is 12.7 Å². The number of nitrogens with zero attached hydrogens (tertiary/aromatic N) is 1. The van der Waals surface area contributed by atoms with E-state index in [1.54, 1.807) is 4.90 Å². The van der Waals surface area contributed by atoms with E-state index >= 15 is 0 Å². The van der Waals surface area contributed by atoms with Gasteiger partial charge in [-0.2, -0.15) is 13.2 Å². The SMILES string of the molecule is CC(C)NCC1CCC1N(CC(F)(F)F)C(C)C. The Balaban J connectivity index is 2.53. The highest BCUT2D eigenvalue weighted by Crippen LogP contribution is 2.34. The molecule has 2 nitrogen and oxygen atoms in total. The molecule has 1 saturated carbocycles. The lowest BCUT2D eigenvalue weighted by Crippen LogP contribution is -2.55. The molecule has 1 aliphatic rings. The second-order valence-corrected chi connectivity index (χ2v) is 5.85. The summed E-state index contributed by atoms with van der Waals surface area (Å²) in [6, 6.07) is 0.415. The van der Waals surface area contributed by atoms with Crippen LogP contribution in [0.15, 0.2) is 0 Å². The van der Waals surface area contributed by atoms with Crippen molar-refractivity contribution in [1.29, 1.82) is 0 Å². The minimum atomic E-state index is -4.10. The third-order valence-electron chi connectivity index (χ3n) is 3.62. The van der Waals surface area contributed by atoms with Crippen LogP contribution in [-0.4, -0.2) is 42.3 Å². The molecule has 0 aromatic rings. The summed E-state index contributed by atoms with van der Waals surface area (Å²) in [5.41, 5.74) is 0. The minimum absolute atomic E-state index is 0.0570. The van der Waals surface area contributed by atoms with Crippen molar-refractivity contribution < 1.29 is 13.2 Å². The average Bonchev–Trinajstić information content (AvgIpc) is 2.12. The summed E-state index contributed by atoms with van der Waals surface area (Å²) in [5, 5.41) is 3.33. The molecule has 0 spiro atoms. The van der Waals surface area contributed by atoms with Crippen LogP contribution in [0.5, 0.6) is 0 Å². The predicted molar refractivity (Wildman–Crippen MR) is 67.5 cm³/mol. The van der Waals surface area contributed by atoms with Crippen LogP contribution in [-0.2, 0) is 0 Å². The van der Waals surface area contributed by atoms with E-state index in [4.69, 9.17) is 0 Å². The van der Waals surface area contributed by atoms with Crippen molar-refractivity contribution in [2.75, 3.05) is 13.1 Å². The Morgan fingerprint density at radius 3 is 2.11 bits per heavy atom. The Morgan fingerprint density at radius 2 is 1.78 bits per heavy atom. The van der Waals surface area contributed by atoms with Crippen molar-refractivity contribution in [3.63, 3.8) is 0 Å². The third kappa shape index (κ3) is 4.76. The molecule has 0 aliphatic heterocycles. The van der Waals surface area contributed by atoms with Gasteiger partial charge in [0.25, 0.3) is 0 Å². The second kappa shape index (κ2) is 6.24. The molecule has 108 valence electrons. The molecule has 1 fully saturated rings. The summed E-state index contributed by atoms with van der Waals surface area (Å²) in [6.45, 7) is 7.85. The topological polar surface area (TPSA) is 15.3 Å². The molecule has 0 amide bonds. The zero-order chi connectivity index (χ0) is 13.9. The molecule has 0 bridgehead atoms. The molecule has 0 aromatic heterocycles. The Kier molecular flexibility index (Phi) is 5.46. The first kappa shape index (κ1) is 15.8. The van der Waals surface area contributed by atoms with Gasteiger partial charge in [0.1, 0.15) is 0 Å². The molecule has 5 heteroatoms. The molecule has 0 radical (unpaired) electrons. The van der Waals surface area contributed by atoms with Gasteiger partial charge in [0.2, 0.25) is 0 Å². The van der Waals surface area contributed by atoms with Gasteiger partial charge in [0, 0.05) is 18.1 Å². The van der Waals surface area contributed by atoms with Crippen LogP contribution in [0, 0.1) is 5.92 Å². The van der Waals surface area contributed by atoms with Crippen molar-refractivity contribution in [1.82, 2.24) is 10.2 Å². The maximum atomic E-state index is 12.6. The van der Waals surface area contributed by atoms with Gasteiger partial charge in [-0.15, -0.1) is 0 Å². The maximum absolute atomic E-state index is 12.6. The van der Waals surface area contributed by atoms with E-state index in [0.29, 0.717) is 12.0 Å². The second-order valence-electron chi connectivity index (χ2n) is 5.85. The summed E-state index contributed by atoms with van der Waals surface area (Å²) in [7, 11) is 0. The lowest BCUT2D eigenvalue weighted by atomic mass is 9.77. The third-order valence-corrected chi connectivity index (χ3v) is 3.62. The Hall–Kier alpha value is -0.290. The molecule has 1 N–H and O–H groups in total. The van der Waals surface area contributed by atoms with Crippen molar-refractivity contribution >= 4 is 0 Å². The zero-order valence-corrected chi connectivity index (χ0v) is 11.7. The fourth-order valence-electron chi connectivity index (χ4n) is 2.50. The summed E-state index contributed by atoms with van der Waals surface area (Å²) in [5.74, 6) is 0.358. The predicted octanol–water partition coefficient (Wildman–Crippen LogP) is 3.04. The zero-order valence-electron chi connectivity index (χ0n) is 11.7. The Morgan fingerprint density at radius 1 is 1.17 bits per heavy atom. The first-order valence-electron chi connectivity index (χ1n) is 6.76. The quantitative estimate of drug-likeness (QED) is 0.795. The molecular weight excluding hydrogens is 241 g/mol. The molecule has 0 saturated heterocycles. The van der Waals surface area contributed by atoms with Crippen LogP contribution in [0.1, 0.15) is 40.5 Å². The van der Waals surface area contributed by atoms with Gasteiger partial charge in [0.05, 0.1) is 6.54 Å². The highest BCUT2D eigenvalue weighted by Gasteiger charge is 2.41. The van der Waals surface area contributed by atoms with Crippen molar-refractivity contribution in [2.24, 2.45) is 5.92 Å². The highest BCUT2D eigenvalue weighted by atomic mass is 19.4. The number of nitrogens with one attached hydrogen (secondary N) is 1. The fraction of sp³-hybridized carbons (Fsp3) is 1.00. The first-order valence-corrected chi connectivity index (χ1v) is 6.76. The summed E-state index contributed by atoms with van der Waals surface area (Å²) in [6.07, 6.45) is -2.18. The summed E-state index contributed by atoms with van der Waals surface area (Å²) in [4.78, 5) is 1.61. The maximum Gasteiger partial charge on any atom is 0.401 e. The van der Waals surface area contributed by atoms with Crippen LogP contribution in [0.25, 0.3) is 0 Å². The van der Waals surface area contributed by atoms with Crippen LogP contribution < -0.4 is 5.32 Å². The molecule has 18 heavy (non-hydrogen) atoms. The monoisotopic (exact) mass is 266 g/mol. The molecule has 2 atom stereocenters. The molecule has 0 heterocycles. The Labute approximate surface area is 108 Å². The molecule has 0 aromatic carbocycles. The number of rotatable bonds is 6. The van der Waals surface area contributed by atoms with Gasteiger partial charge in [0.15, 0.2) is 0 Å². The van der Waals surface area contributed by atoms with Crippen molar-refractivity contribution in [2.45, 2.75) is 64.8 Å². The van der Waals surface area contributed by atoms with Crippen molar-refractivity contribution in [3.8, 4) is 0 Å². The molecule has 2 unspecified atom stereocenters. The minimum Gasteiger partial charge on any atom is -0.314 e. The highest BCUT2D eigenvalue weighted by molar-refractivity contribution is 4.92. The standard InChI is InChI=1S/C13H25F3N2/c1-9(2)17-7-11-5-6-12(11)18(10(3)4)8-13(14,15)16/h9-12,17H,5-8H2,1-4H3. The number of alkyl halides is 3. The molecule has 1 rings (SSSR count). The van der Waals surface area contributed by atoms with Gasteiger partial charge in [-0.25, -0.2) is 0 Å². The number of hydrogen-bond donors (Lipinski definition) is 1. The van der Waals surface area contributed by atoms with Gasteiger partial charge in [-0.3, -0.25) is 4.90 Å². The van der Waals surface area contributed by atoms with Gasteiger partial charge >= 0.3 is 6.18 Å². The van der Waals surface area contributed by atoms with E-state index in [2.05, 4.69) is 19.2 Å². The van der Waals surface area contributed by atoms with E-state index in [1.807, 2.05) is 13.8 Å².